The Morgan fingerprint density at radius 2 is 1.19 bits per heavy atom. The van der Waals surface area contributed by atoms with Gasteiger partial charge < -0.3 is 19.7 Å². The number of hydrazone groups is 2. The highest BCUT2D eigenvalue weighted by molar-refractivity contribution is 7.90. The van der Waals surface area contributed by atoms with Gasteiger partial charge in [-0.25, -0.2) is 19.3 Å². The van der Waals surface area contributed by atoms with Crippen molar-refractivity contribution < 1.29 is 37.7 Å². The normalized spacial score (nSPS) is 15.1. The average molecular weight is 975 g/mol. The molecule has 5 aromatic rings. The molecule has 372 valence electrons. The van der Waals surface area contributed by atoms with Crippen molar-refractivity contribution in [3.05, 3.63) is 147 Å². The van der Waals surface area contributed by atoms with E-state index in [1.54, 1.807) is 55.6 Å². The van der Waals surface area contributed by atoms with Gasteiger partial charge in [0, 0.05) is 71.0 Å². The van der Waals surface area contributed by atoms with Gasteiger partial charge in [0.25, 0.3) is 11.8 Å². The number of nitrogens with one attached hydrogen (secondary N) is 2. The van der Waals surface area contributed by atoms with Crippen molar-refractivity contribution in [2.45, 2.75) is 51.4 Å². The average Bonchev–Trinajstić information content (AvgIpc) is 3.34. The maximum Gasteiger partial charge on any atom is 0.254 e. The van der Waals surface area contributed by atoms with Crippen molar-refractivity contribution >= 4 is 34.1 Å². The van der Waals surface area contributed by atoms with Gasteiger partial charge in [-0.3, -0.25) is 29.2 Å². The molecule has 2 fully saturated rings. The zero-order valence-electron chi connectivity index (χ0n) is 41.0. The molecule has 0 atom stereocenters. The van der Waals surface area contributed by atoms with Crippen LogP contribution in [0, 0.1) is 27.7 Å². The van der Waals surface area contributed by atoms with Crippen molar-refractivity contribution in [3.63, 3.8) is 0 Å². The van der Waals surface area contributed by atoms with Gasteiger partial charge in [-0.15, -0.1) is 0 Å². The molecule has 16 nitrogen and oxygen atoms in total. The monoisotopic (exact) mass is 974 g/mol. The number of rotatable bonds is 17. The number of phenolic OH excluding ortho intramolecular Hbond substituents is 2. The lowest BCUT2D eigenvalue weighted by Crippen LogP contribution is -2.48. The number of amides is 2. The molecule has 7 rings (SSSR count). The number of carbonyl (C=O) groups is 2. The van der Waals surface area contributed by atoms with Gasteiger partial charge in [0.1, 0.15) is 23.0 Å². The van der Waals surface area contributed by atoms with Crippen LogP contribution in [0.3, 0.4) is 0 Å². The molecule has 2 aliphatic heterocycles. The van der Waals surface area contributed by atoms with Crippen molar-refractivity contribution in [2.24, 2.45) is 10.2 Å². The Hall–Kier alpha value is -6.63. The highest BCUT2D eigenvalue weighted by Gasteiger charge is 2.23. The fraction of sp³-hybridized carbons (Fsp3) is 0.358. The van der Waals surface area contributed by atoms with Crippen LogP contribution in [0.4, 0.5) is 0 Å². The van der Waals surface area contributed by atoms with Gasteiger partial charge in [0.15, 0.2) is 9.84 Å². The van der Waals surface area contributed by atoms with Crippen LogP contribution >= 0.6 is 0 Å². The molecule has 0 aliphatic carbocycles. The van der Waals surface area contributed by atoms with E-state index in [-0.39, 0.29) is 35.6 Å². The number of sulfone groups is 1. The maximum absolute atomic E-state index is 12.9. The lowest BCUT2D eigenvalue weighted by Gasteiger charge is -2.34. The molecule has 2 heterocycles. The van der Waals surface area contributed by atoms with E-state index in [9.17, 15) is 28.2 Å². The molecule has 0 unspecified atom stereocenters. The molecular weight excluding hydrogens is 909 g/mol. The molecule has 2 amide bonds. The van der Waals surface area contributed by atoms with E-state index in [1.807, 2.05) is 50.2 Å². The number of hydrogen-bond donors (Lipinski definition) is 4. The predicted molar refractivity (Wildman–Crippen MR) is 273 cm³/mol. The third kappa shape index (κ3) is 15.2. The second kappa shape index (κ2) is 25.3. The van der Waals surface area contributed by atoms with Crippen molar-refractivity contribution in [1.82, 2.24) is 30.5 Å². The summed E-state index contributed by atoms with van der Waals surface area (Å²) in [6.45, 7) is 16.3. The minimum absolute atomic E-state index is 0.0280. The summed E-state index contributed by atoms with van der Waals surface area (Å²) in [6, 6.07) is 29.3. The first-order chi connectivity index (χ1) is 33.6. The SMILES string of the molecule is COc1cc(C)cc(O)c1/C=N/NC(=O)CN1CCN(Cc2ccccc2CS(=O)(=O)c2ccccc2)CC1.COc1cc(CN2CCN(CC(=O)N/N=C/c3cccc(C)c3O)CC2)cc(C)c1C. The number of para-hydroxylation sites is 1. The summed E-state index contributed by atoms with van der Waals surface area (Å²) in [5, 5.41) is 28.1. The number of aryl methyl sites for hydroxylation is 3. The topological polar surface area (TPSA) is 189 Å². The second-order valence-corrected chi connectivity index (χ2v) is 19.7. The Morgan fingerprint density at radius 3 is 1.80 bits per heavy atom. The van der Waals surface area contributed by atoms with E-state index in [0.717, 1.165) is 73.8 Å². The Morgan fingerprint density at radius 1 is 0.629 bits per heavy atom. The first-order valence-corrected chi connectivity index (χ1v) is 25.0. The first-order valence-electron chi connectivity index (χ1n) is 23.3. The highest BCUT2D eigenvalue weighted by Crippen LogP contribution is 2.28. The van der Waals surface area contributed by atoms with Crippen molar-refractivity contribution in [2.75, 3.05) is 79.7 Å². The van der Waals surface area contributed by atoms with Crippen LogP contribution in [0.2, 0.25) is 0 Å². The molecule has 0 radical (unpaired) electrons. The molecule has 5 aromatic carbocycles. The lowest BCUT2D eigenvalue weighted by atomic mass is 10.0. The molecule has 70 heavy (non-hydrogen) atoms. The molecule has 2 saturated heterocycles. The van der Waals surface area contributed by atoms with E-state index < -0.39 is 9.84 Å². The Bertz CT molecular complexity index is 2740. The maximum atomic E-state index is 12.9. The van der Waals surface area contributed by atoms with Crippen molar-refractivity contribution in [1.29, 1.82) is 0 Å². The zero-order chi connectivity index (χ0) is 50.2. The molecule has 4 N–H and O–H groups in total. The summed E-state index contributed by atoms with van der Waals surface area (Å²) in [4.78, 5) is 33.8. The summed E-state index contributed by atoms with van der Waals surface area (Å²) >= 11 is 0. The van der Waals surface area contributed by atoms with Gasteiger partial charge in [0.2, 0.25) is 0 Å². The summed E-state index contributed by atoms with van der Waals surface area (Å²) in [5.74, 6) is 1.17. The van der Waals surface area contributed by atoms with E-state index in [1.165, 1.54) is 36.2 Å². The van der Waals surface area contributed by atoms with Crippen LogP contribution < -0.4 is 20.3 Å². The molecule has 0 aromatic heterocycles. The molecule has 0 spiro atoms. The van der Waals surface area contributed by atoms with Crippen LogP contribution in [0.25, 0.3) is 0 Å². The first kappa shape index (κ1) is 52.7. The predicted octanol–water partition coefficient (Wildman–Crippen LogP) is 5.54. The van der Waals surface area contributed by atoms with Crippen LogP contribution in [0.1, 0.15) is 50.1 Å². The Balaban J connectivity index is 0.000000236. The van der Waals surface area contributed by atoms with Crippen LogP contribution in [0.15, 0.2) is 112 Å². The van der Waals surface area contributed by atoms with E-state index in [0.29, 0.717) is 48.0 Å². The van der Waals surface area contributed by atoms with Crippen LogP contribution in [0.5, 0.6) is 23.0 Å². The van der Waals surface area contributed by atoms with Crippen molar-refractivity contribution in [3.8, 4) is 23.0 Å². The molecule has 2 aliphatic rings. The second-order valence-electron chi connectivity index (χ2n) is 17.7. The summed E-state index contributed by atoms with van der Waals surface area (Å²) in [5.41, 5.74) is 13.1. The molecule has 0 saturated carbocycles. The fourth-order valence-corrected chi connectivity index (χ4v) is 9.76. The van der Waals surface area contributed by atoms with Gasteiger partial charge in [-0.2, -0.15) is 10.2 Å². The minimum atomic E-state index is -3.44. The number of aromatic hydroxyl groups is 2. The number of piperazine rings is 2. The number of phenols is 2. The lowest BCUT2D eigenvalue weighted by molar-refractivity contribution is -0.123. The number of hydrogen-bond acceptors (Lipinski definition) is 14. The van der Waals surface area contributed by atoms with Gasteiger partial charge in [-0.05, 0) is 103 Å². The molecule has 0 bridgehead atoms. The third-order valence-electron chi connectivity index (χ3n) is 12.5. The number of methoxy groups -OCH3 is 2. The summed E-state index contributed by atoms with van der Waals surface area (Å²) in [6.07, 6.45) is 2.84. The Kier molecular flexibility index (Phi) is 19.1. The third-order valence-corrected chi connectivity index (χ3v) is 14.1. The standard InChI is InChI=1S/C29H34N4O5S.C24H32N4O3/c1-22-16-27(34)26(28(17-22)38-2)18-30-31-29(35)20-33-14-12-32(13-15-33)19-23-8-6-7-9-24(23)21-39(36,37)25-10-4-3-5-11-25;1-17-6-5-7-21(24(17)30)14-25-26-23(29)16-28-10-8-27(9-11-28)15-20-12-18(2)19(3)22(13-20)31-4/h3-11,16-18,34H,12-15,19-21H2,1-2H3,(H,31,35);5-7,12-14,30H,8-11,15-16H2,1-4H3,(H,26,29)/b30-18+;25-14+. The van der Waals surface area contributed by atoms with Crippen LogP contribution in [-0.4, -0.2) is 142 Å². The number of nitrogens with zero attached hydrogens (tertiary/aromatic N) is 6. The van der Waals surface area contributed by atoms with Crippen LogP contribution in [-0.2, 0) is 38.3 Å². The summed E-state index contributed by atoms with van der Waals surface area (Å²) in [7, 11) is -0.216. The van der Waals surface area contributed by atoms with E-state index in [4.69, 9.17) is 9.47 Å². The number of benzene rings is 5. The quantitative estimate of drug-likeness (QED) is 0.0674. The molecular formula is C53H66N8O8S. The van der Waals surface area contributed by atoms with Gasteiger partial charge in [-0.1, -0.05) is 60.7 Å². The molecule has 17 heteroatoms. The highest BCUT2D eigenvalue weighted by atomic mass is 32.2. The van der Waals surface area contributed by atoms with E-state index >= 15 is 0 Å². The fourth-order valence-electron chi connectivity index (χ4n) is 8.33. The largest absolute Gasteiger partial charge is 0.507 e. The van der Waals surface area contributed by atoms with Gasteiger partial charge >= 0.3 is 0 Å². The minimum Gasteiger partial charge on any atom is -0.507 e. The van der Waals surface area contributed by atoms with Gasteiger partial charge in [0.05, 0.1) is 56.0 Å². The summed E-state index contributed by atoms with van der Waals surface area (Å²) < 4.78 is 36.6. The zero-order valence-corrected chi connectivity index (χ0v) is 41.8. The number of ether oxygens (including phenoxy) is 2. The smallest absolute Gasteiger partial charge is 0.254 e. The van der Waals surface area contributed by atoms with E-state index in [2.05, 4.69) is 66.6 Å². The number of carbonyl (C=O) groups excluding carboxylic acids is 2. The Labute approximate surface area is 412 Å².